The number of anilines is 4. The molecule has 0 aliphatic heterocycles. The lowest BCUT2D eigenvalue weighted by molar-refractivity contribution is -0.121. The van der Waals surface area contributed by atoms with Crippen LogP contribution in [-0.4, -0.2) is 38.8 Å². The Hall–Kier alpha value is -4.21. The number of rotatable bonds is 8. The van der Waals surface area contributed by atoms with Crippen LogP contribution in [0.1, 0.15) is 13.8 Å². The lowest BCUT2D eigenvalue weighted by Crippen LogP contribution is -2.23. The molecule has 0 radical (unpaired) electrons. The molecule has 0 saturated heterocycles. The van der Waals surface area contributed by atoms with Crippen molar-refractivity contribution in [3.8, 4) is 5.75 Å². The molecule has 0 saturated carbocycles. The molecule has 170 valence electrons. The van der Waals surface area contributed by atoms with Crippen LogP contribution in [0.15, 0.2) is 54.9 Å². The minimum absolute atomic E-state index is 0.0458. The number of halogens is 1. The topological polar surface area (TPSA) is 106 Å². The van der Waals surface area contributed by atoms with Crippen molar-refractivity contribution >= 4 is 40.0 Å². The minimum Gasteiger partial charge on any atom is -0.491 e. The maximum atomic E-state index is 14.3. The number of aromatic nitrogens is 4. The summed E-state index contributed by atoms with van der Waals surface area (Å²) in [5.74, 6) is 0.299. The number of nitrogens with one attached hydrogen (secondary N) is 3. The summed E-state index contributed by atoms with van der Waals surface area (Å²) < 4.78 is 21.5. The number of hydrogen-bond acceptors (Lipinski definition) is 7. The highest BCUT2D eigenvalue weighted by atomic mass is 19.1. The van der Waals surface area contributed by atoms with Crippen molar-refractivity contribution in [2.45, 2.75) is 26.5 Å². The second-order valence-electron chi connectivity index (χ2n) is 7.58. The summed E-state index contributed by atoms with van der Waals surface area (Å²) in [7, 11) is 1.58. The third-order valence-electron chi connectivity index (χ3n) is 4.70. The standard InChI is InChI=1S/C23H24FN7O2/c1-14(2)33-18-7-4-16(5-8-18)28-22-19(24)12-26-23(30-22)29-17-6-9-20-15(10-17)11-27-31(20)13-21(32)25-3/h4-12,14H,13H2,1-3H3,(H,25,32)(H2,26,28,29,30). The van der Waals surface area contributed by atoms with Crippen LogP contribution in [0.5, 0.6) is 5.75 Å². The zero-order chi connectivity index (χ0) is 23.4. The van der Waals surface area contributed by atoms with E-state index in [-0.39, 0.29) is 30.3 Å². The van der Waals surface area contributed by atoms with E-state index in [0.717, 1.165) is 22.8 Å². The zero-order valence-corrected chi connectivity index (χ0v) is 18.5. The van der Waals surface area contributed by atoms with E-state index in [9.17, 15) is 9.18 Å². The van der Waals surface area contributed by atoms with Gasteiger partial charge in [-0.05, 0) is 56.3 Å². The highest BCUT2D eigenvalue weighted by Crippen LogP contribution is 2.24. The van der Waals surface area contributed by atoms with Crippen LogP contribution in [0.2, 0.25) is 0 Å². The number of ether oxygens (including phenoxy) is 1. The van der Waals surface area contributed by atoms with Gasteiger partial charge in [0.1, 0.15) is 12.3 Å². The first-order valence-corrected chi connectivity index (χ1v) is 10.4. The summed E-state index contributed by atoms with van der Waals surface area (Å²) >= 11 is 0. The van der Waals surface area contributed by atoms with Crippen LogP contribution < -0.4 is 20.7 Å². The Morgan fingerprint density at radius 1 is 1.09 bits per heavy atom. The van der Waals surface area contributed by atoms with Gasteiger partial charge in [-0.3, -0.25) is 9.48 Å². The molecule has 0 spiro atoms. The van der Waals surface area contributed by atoms with Crippen LogP contribution >= 0.6 is 0 Å². The number of benzene rings is 2. The molecule has 4 aromatic rings. The fourth-order valence-corrected chi connectivity index (χ4v) is 3.18. The average Bonchev–Trinajstić information content (AvgIpc) is 3.18. The normalized spacial score (nSPS) is 10.9. The molecule has 9 nitrogen and oxygen atoms in total. The number of likely N-dealkylation sites (N-methyl/N-ethyl adjacent to an activating group) is 1. The summed E-state index contributed by atoms with van der Waals surface area (Å²) in [5.41, 5.74) is 2.19. The summed E-state index contributed by atoms with van der Waals surface area (Å²) in [6, 6.07) is 12.7. The Morgan fingerprint density at radius 3 is 2.58 bits per heavy atom. The van der Waals surface area contributed by atoms with E-state index in [4.69, 9.17) is 4.74 Å². The number of nitrogens with zero attached hydrogens (tertiary/aromatic N) is 4. The van der Waals surface area contributed by atoms with E-state index in [0.29, 0.717) is 11.4 Å². The number of carbonyl (C=O) groups excluding carboxylic acids is 1. The Morgan fingerprint density at radius 2 is 1.85 bits per heavy atom. The second kappa shape index (κ2) is 9.51. The number of amides is 1. The van der Waals surface area contributed by atoms with E-state index < -0.39 is 5.82 Å². The van der Waals surface area contributed by atoms with Gasteiger partial charge < -0.3 is 20.7 Å². The van der Waals surface area contributed by atoms with Crippen LogP contribution in [0.4, 0.5) is 27.5 Å². The Balaban J connectivity index is 1.49. The molecule has 33 heavy (non-hydrogen) atoms. The number of carbonyl (C=O) groups is 1. The molecule has 2 aromatic heterocycles. The largest absolute Gasteiger partial charge is 0.491 e. The van der Waals surface area contributed by atoms with Gasteiger partial charge in [-0.1, -0.05) is 0 Å². The Kier molecular flexibility index (Phi) is 6.34. The fourth-order valence-electron chi connectivity index (χ4n) is 3.18. The van der Waals surface area contributed by atoms with Gasteiger partial charge in [0.25, 0.3) is 0 Å². The third kappa shape index (κ3) is 5.35. The maximum Gasteiger partial charge on any atom is 0.241 e. The molecular weight excluding hydrogens is 425 g/mol. The van der Waals surface area contributed by atoms with Gasteiger partial charge in [-0.25, -0.2) is 9.37 Å². The van der Waals surface area contributed by atoms with Crippen molar-refractivity contribution in [1.82, 2.24) is 25.1 Å². The highest BCUT2D eigenvalue weighted by Gasteiger charge is 2.10. The predicted molar refractivity (Wildman–Crippen MR) is 125 cm³/mol. The van der Waals surface area contributed by atoms with E-state index in [1.54, 1.807) is 42.2 Å². The van der Waals surface area contributed by atoms with Crippen LogP contribution in [0.25, 0.3) is 10.9 Å². The molecule has 0 unspecified atom stereocenters. The number of fused-ring (bicyclic) bond motifs is 1. The molecule has 0 fully saturated rings. The molecule has 10 heteroatoms. The first-order valence-electron chi connectivity index (χ1n) is 10.4. The SMILES string of the molecule is CNC(=O)Cn1ncc2cc(Nc3ncc(F)c(Nc4ccc(OC(C)C)cc4)n3)ccc21. The lowest BCUT2D eigenvalue weighted by atomic mass is 10.2. The lowest BCUT2D eigenvalue weighted by Gasteiger charge is -2.12. The quantitative estimate of drug-likeness (QED) is 0.374. The van der Waals surface area contributed by atoms with Gasteiger partial charge in [-0.2, -0.15) is 10.1 Å². The summed E-state index contributed by atoms with van der Waals surface area (Å²) in [6.07, 6.45) is 2.85. The van der Waals surface area contributed by atoms with E-state index in [1.807, 2.05) is 32.0 Å². The predicted octanol–water partition coefficient (Wildman–Crippen LogP) is 3.99. The third-order valence-corrected chi connectivity index (χ3v) is 4.70. The zero-order valence-electron chi connectivity index (χ0n) is 18.5. The second-order valence-corrected chi connectivity index (χ2v) is 7.58. The maximum absolute atomic E-state index is 14.3. The van der Waals surface area contributed by atoms with Gasteiger partial charge in [-0.15, -0.1) is 0 Å². The highest BCUT2D eigenvalue weighted by molar-refractivity contribution is 5.85. The van der Waals surface area contributed by atoms with E-state index in [2.05, 4.69) is 31.0 Å². The molecule has 4 rings (SSSR count). The Bertz CT molecular complexity index is 1270. The van der Waals surface area contributed by atoms with Crippen molar-refractivity contribution in [1.29, 1.82) is 0 Å². The fraction of sp³-hybridized carbons (Fsp3) is 0.217. The van der Waals surface area contributed by atoms with Gasteiger partial charge in [0.2, 0.25) is 11.9 Å². The average molecular weight is 449 g/mol. The summed E-state index contributed by atoms with van der Waals surface area (Å²) in [6.45, 7) is 4.03. The molecule has 0 atom stereocenters. The molecule has 2 heterocycles. The van der Waals surface area contributed by atoms with Gasteiger partial charge >= 0.3 is 0 Å². The monoisotopic (exact) mass is 449 g/mol. The first kappa shape index (κ1) is 22.0. The molecule has 0 aliphatic rings. The molecule has 2 aromatic carbocycles. The van der Waals surface area contributed by atoms with Gasteiger partial charge in [0, 0.05) is 23.8 Å². The molecular formula is C23H24FN7O2. The van der Waals surface area contributed by atoms with Gasteiger partial charge in [0.05, 0.1) is 24.0 Å². The molecule has 3 N–H and O–H groups in total. The smallest absolute Gasteiger partial charge is 0.241 e. The molecule has 0 aliphatic carbocycles. The van der Waals surface area contributed by atoms with Crippen LogP contribution in [0, 0.1) is 5.82 Å². The first-order chi connectivity index (χ1) is 15.9. The summed E-state index contributed by atoms with van der Waals surface area (Å²) in [5, 5.41) is 13.7. The van der Waals surface area contributed by atoms with Crippen molar-refractivity contribution in [2.24, 2.45) is 0 Å². The van der Waals surface area contributed by atoms with Crippen molar-refractivity contribution < 1.29 is 13.9 Å². The molecule has 1 amide bonds. The van der Waals surface area contributed by atoms with Crippen molar-refractivity contribution in [3.05, 3.63) is 60.7 Å². The van der Waals surface area contributed by atoms with Crippen LogP contribution in [-0.2, 0) is 11.3 Å². The van der Waals surface area contributed by atoms with E-state index >= 15 is 0 Å². The van der Waals surface area contributed by atoms with Crippen LogP contribution in [0.3, 0.4) is 0 Å². The summed E-state index contributed by atoms with van der Waals surface area (Å²) in [4.78, 5) is 19.9. The van der Waals surface area contributed by atoms with Crippen molar-refractivity contribution in [2.75, 3.05) is 17.7 Å². The minimum atomic E-state index is -0.575. The van der Waals surface area contributed by atoms with E-state index in [1.165, 1.54) is 0 Å². The Labute approximate surface area is 190 Å². The van der Waals surface area contributed by atoms with Crippen molar-refractivity contribution in [3.63, 3.8) is 0 Å². The molecule has 0 bridgehead atoms. The number of hydrogen-bond donors (Lipinski definition) is 3. The van der Waals surface area contributed by atoms with Gasteiger partial charge in [0.15, 0.2) is 11.6 Å².